The van der Waals surface area contributed by atoms with Crippen molar-refractivity contribution >= 4 is 16.6 Å². The van der Waals surface area contributed by atoms with Crippen molar-refractivity contribution in [1.82, 2.24) is 4.57 Å². The minimum atomic E-state index is 0.639. The van der Waals surface area contributed by atoms with Crippen molar-refractivity contribution in [2.75, 3.05) is 25.6 Å². The quantitative estimate of drug-likeness (QED) is 0.447. The number of hydrogen-bond donors (Lipinski definition) is 1. The van der Waals surface area contributed by atoms with Gasteiger partial charge in [-0.1, -0.05) is 30.2 Å². The Labute approximate surface area is 162 Å². The Morgan fingerprint density at radius 3 is 2.67 bits per heavy atom. The molecule has 0 aliphatic carbocycles. The third-order valence-electron chi connectivity index (χ3n) is 4.72. The molecule has 0 bridgehead atoms. The highest BCUT2D eigenvalue weighted by Gasteiger charge is 2.06. The Kier molecular flexibility index (Phi) is 6.96. The molecule has 0 radical (unpaired) electrons. The second kappa shape index (κ2) is 9.85. The first-order chi connectivity index (χ1) is 13.3. The molecular formula is C24H28N2O. The van der Waals surface area contributed by atoms with Crippen LogP contribution in [0, 0.1) is 11.8 Å². The lowest BCUT2D eigenvalue weighted by atomic mass is 10.1. The molecule has 0 atom stereocenters. The van der Waals surface area contributed by atoms with Crippen molar-refractivity contribution in [3.05, 3.63) is 65.9 Å². The van der Waals surface area contributed by atoms with Gasteiger partial charge in [0.2, 0.25) is 0 Å². The molecule has 1 N–H and O–H groups in total. The van der Waals surface area contributed by atoms with Crippen molar-refractivity contribution in [2.24, 2.45) is 0 Å². The monoisotopic (exact) mass is 360 g/mol. The van der Waals surface area contributed by atoms with Gasteiger partial charge in [0, 0.05) is 36.9 Å². The maximum Gasteiger partial charge on any atom is 0.0931 e. The highest BCUT2D eigenvalue weighted by Crippen LogP contribution is 2.22. The highest BCUT2D eigenvalue weighted by atomic mass is 16.5. The van der Waals surface area contributed by atoms with E-state index < -0.39 is 0 Å². The van der Waals surface area contributed by atoms with Crippen LogP contribution in [0.2, 0.25) is 0 Å². The molecule has 3 rings (SSSR count). The van der Waals surface area contributed by atoms with E-state index in [1.807, 2.05) is 18.2 Å². The van der Waals surface area contributed by atoms with Gasteiger partial charge >= 0.3 is 0 Å². The fourth-order valence-corrected chi connectivity index (χ4v) is 3.33. The lowest BCUT2D eigenvalue weighted by Gasteiger charge is -2.05. The van der Waals surface area contributed by atoms with E-state index >= 15 is 0 Å². The molecule has 1 heterocycles. The Hall–Kier alpha value is -2.70. The van der Waals surface area contributed by atoms with Crippen LogP contribution in [-0.4, -0.2) is 24.8 Å². The summed E-state index contributed by atoms with van der Waals surface area (Å²) >= 11 is 0. The van der Waals surface area contributed by atoms with E-state index in [2.05, 4.69) is 65.0 Å². The van der Waals surface area contributed by atoms with Gasteiger partial charge in [-0.25, -0.2) is 0 Å². The first-order valence-corrected chi connectivity index (χ1v) is 9.70. The number of rotatable bonds is 8. The van der Waals surface area contributed by atoms with Crippen molar-refractivity contribution in [3.8, 4) is 11.8 Å². The summed E-state index contributed by atoms with van der Waals surface area (Å²) in [6.07, 6.45) is 3.36. The highest BCUT2D eigenvalue weighted by molar-refractivity contribution is 5.83. The molecule has 140 valence electrons. The molecule has 0 amide bonds. The number of ether oxygens (including phenoxy) is 1. The minimum Gasteiger partial charge on any atom is -0.385 e. The number of aryl methyl sites for hydroxylation is 2. The van der Waals surface area contributed by atoms with Gasteiger partial charge in [0.1, 0.15) is 0 Å². The molecule has 3 heteroatoms. The molecule has 0 spiro atoms. The van der Waals surface area contributed by atoms with Crippen LogP contribution in [0.3, 0.4) is 0 Å². The second-order valence-corrected chi connectivity index (χ2v) is 6.64. The predicted molar refractivity (Wildman–Crippen MR) is 114 cm³/mol. The molecule has 2 aromatic carbocycles. The average molecular weight is 361 g/mol. The summed E-state index contributed by atoms with van der Waals surface area (Å²) in [5.41, 5.74) is 4.83. The molecule has 0 unspecified atom stereocenters. The molecule has 3 nitrogen and oxygen atoms in total. The van der Waals surface area contributed by atoms with Crippen LogP contribution in [0.15, 0.2) is 54.6 Å². The summed E-state index contributed by atoms with van der Waals surface area (Å²) in [7, 11) is 1.76. The van der Waals surface area contributed by atoms with Crippen LogP contribution >= 0.6 is 0 Å². The summed E-state index contributed by atoms with van der Waals surface area (Å²) in [5.74, 6) is 6.59. The van der Waals surface area contributed by atoms with Crippen LogP contribution in [0.4, 0.5) is 5.69 Å². The van der Waals surface area contributed by atoms with Crippen LogP contribution in [0.1, 0.15) is 31.0 Å². The zero-order valence-electron chi connectivity index (χ0n) is 16.3. The van der Waals surface area contributed by atoms with Gasteiger partial charge in [-0.3, -0.25) is 0 Å². The third kappa shape index (κ3) is 5.15. The lowest BCUT2D eigenvalue weighted by molar-refractivity contribution is 0.193. The zero-order chi connectivity index (χ0) is 18.9. The number of unbranched alkanes of at least 4 members (excludes halogenated alkanes) is 1. The van der Waals surface area contributed by atoms with Crippen molar-refractivity contribution in [1.29, 1.82) is 0 Å². The Bertz CT molecular complexity index is 916. The Balaban J connectivity index is 1.70. The molecule has 1 aromatic heterocycles. The summed E-state index contributed by atoms with van der Waals surface area (Å²) in [6, 6.07) is 19.2. The average Bonchev–Trinajstić information content (AvgIpc) is 3.06. The molecule has 27 heavy (non-hydrogen) atoms. The van der Waals surface area contributed by atoms with E-state index in [1.165, 1.54) is 16.5 Å². The fourth-order valence-electron chi connectivity index (χ4n) is 3.33. The van der Waals surface area contributed by atoms with Gasteiger partial charge in [0.15, 0.2) is 0 Å². The predicted octanol–water partition coefficient (Wildman–Crippen LogP) is 5.09. The standard InChI is InChI=1S/C24H28N2O/c1-3-26-23(13-9-16-25-22-11-5-4-6-12-22)19-21-18-20(14-15-24(21)26)10-7-8-17-27-2/h4-6,11-12,14-15,18-19,25H,3,7-8,10,16-17H2,1-2H3. The maximum absolute atomic E-state index is 5.13. The Morgan fingerprint density at radius 1 is 1.04 bits per heavy atom. The van der Waals surface area contributed by atoms with Gasteiger partial charge in [-0.15, -0.1) is 0 Å². The molecule has 0 saturated heterocycles. The van der Waals surface area contributed by atoms with Crippen molar-refractivity contribution in [3.63, 3.8) is 0 Å². The van der Waals surface area contributed by atoms with Crippen LogP contribution in [0.5, 0.6) is 0 Å². The van der Waals surface area contributed by atoms with E-state index in [0.29, 0.717) is 6.54 Å². The first-order valence-electron chi connectivity index (χ1n) is 9.70. The molecule has 0 fully saturated rings. The number of aromatic nitrogens is 1. The molecule has 3 aromatic rings. The van der Waals surface area contributed by atoms with Gasteiger partial charge in [0.05, 0.1) is 12.2 Å². The van der Waals surface area contributed by atoms with Crippen LogP contribution in [-0.2, 0) is 17.7 Å². The van der Waals surface area contributed by atoms with Gasteiger partial charge < -0.3 is 14.6 Å². The smallest absolute Gasteiger partial charge is 0.0931 e. The van der Waals surface area contributed by atoms with Gasteiger partial charge in [-0.2, -0.15) is 0 Å². The van der Waals surface area contributed by atoms with E-state index in [0.717, 1.165) is 43.8 Å². The summed E-state index contributed by atoms with van der Waals surface area (Å²) in [5, 5.41) is 4.61. The number of methoxy groups -OCH3 is 1. The van der Waals surface area contributed by atoms with Gasteiger partial charge in [-0.05, 0) is 68.0 Å². The Morgan fingerprint density at radius 2 is 1.89 bits per heavy atom. The van der Waals surface area contributed by atoms with E-state index in [-0.39, 0.29) is 0 Å². The molecule has 0 saturated carbocycles. The molecular weight excluding hydrogens is 332 g/mol. The zero-order valence-corrected chi connectivity index (χ0v) is 16.3. The van der Waals surface area contributed by atoms with Crippen LogP contribution < -0.4 is 5.32 Å². The maximum atomic E-state index is 5.13. The fraction of sp³-hybridized carbons (Fsp3) is 0.333. The number of anilines is 1. The SMILES string of the molecule is CCn1c(C#CCNc2ccccc2)cc2cc(CCCCOC)ccc21. The van der Waals surface area contributed by atoms with E-state index in [4.69, 9.17) is 4.74 Å². The number of fused-ring (bicyclic) bond motifs is 1. The number of benzene rings is 2. The third-order valence-corrected chi connectivity index (χ3v) is 4.72. The molecule has 0 aliphatic rings. The largest absolute Gasteiger partial charge is 0.385 e. The summed E-state index contributed by atoms with van der Waals surface area (Å²) in [6.45, 7) is 4.57. The van der Waals surface area contributed by atoms with Crippen LogP contribution in [0.25, 0.3) is 10.9 Å². The normalized spacial score (nSPS) is 10.6. The summed E-state index contributed by atoms with van der Waals surface area (Å²) in [4.78, 5) is 0. The minimum absolute atomic E-state index is 0.639. The number of nitrogens with zero attached hydrogens (tertiary/aromatic N) is 1. The summed E-state index contributed by atoms with van der Waals surface area (Å²) < 4.78 is 7.43. The number of para-hydroxylation sites is 1. The molecule has 0 aliphatic heterocycles. The number of nitrogens with one attached hydrogen (secondary N) is 1. The van der Waals surface area contributed by atoms with Crippen molar-refractivity contribution < 1.29 is 4.74 Å². The van der Waals surface area contributed by atoms with E-state index in [9.17, 15) is 0 Å². The van der Waals surface area contributed by atoms with Gasteiger partial charge in [0.25, 0.3) is 0 Å². The second-order valence-electron chi connectivity index (χ2n) is 6.64. The van der Waals surface area contributed by atoms with E-state index in [1.54, 1.807) is 7.11 Å². The topological polar surface area (TPSA) is 26.2 Å². The lowest BCUT2D eigenvalue weighted by Crippen LogP contribution is -2.00. The number of hydrogen-bond acceptors (Lipinski definition) is 2. The first kappa shape index (κ1) is 19.1. The van der Waals surface area contributed by atoms with Crippen molar-refractivity contribution in [2.45, 2.75) is 32.7 Å².